The molecule has 2 rings (SSSR count). The summed E-state index contributed by atoms with van der Waals surface area (Å²) >= 11 is 5.96. The lowest BCUT2D eigenvalue weighted by Gasteiger charge is -2.17. The molecule has 0 heterocycles. The number of methoxy groups -OCH3 is 2. The Morgan fingerprint density at radius 3 is 2.54 bits per heavy atom. The highest BCUT2D eigenvalue weighted by Gasteiger charge is 2.19. The van der Waals surface area contributed by atoms with E-state index in [1.807, 2.05) is 0 Å². The number of nitrogens with one attached hydrogen (secondary N) is 1. The molecule has 24 heavy (non-hydrogen) atoms. The van der Waals surface area contributed by atoms with Crippen LogP contribution in [-0.2, 0) is 14.8 Å². The van der Waals surface area contributed by atoms with E-state index in [-0.39, 0.29) is 16.5 Å². The first-order chi connectivity index (χ1) is 11.4. The molecular formula is C16H17ClFNO4S. The molecule has 2 aromatic rings. The van der Waals surface area contributed by atoms with Gasteiger partial charge < -0.3 is 9.47 Å². The minimum Gasteiger partial charge on any atom is -0.495 e. The van der Waals surface area contributed by atoms with E-state index in [1.54, 1.807) is 6.07 Å². The van der Waals surface area contributed by atoms with Crippen LogP contribution in [0.1, 0.15) is 11.7 Å². The van der Waals surface area contributed by atoms with Crippen LogP contribution in [0.25, 0.3) is 0 Å². The second-order valence-electron chi connectivity index (χ2n) is 4.93. The number of hydrogen-bond acceptors (Lipinski definition) is 4. The fourth-order valence-electron chi connectivity index (χ4n) is 2.13. The van der Waals surface area contributed by atoms with E-state index in [0.717, 1.165) is 0 Å². The van der Waals surface area contributed by atoms with Crippen LogP contribution in [0.5, 0.6) is 5.75 Å². The van der Waals surface area contributed by atoms with Crippen molar-refractivity contribution in [3.63, 3.8) is 0 Å². The normalized spacial score (nSPS) is 12.8. The van der Waals surface area contributed by atoms with Gasteiger partial charge in [-0.2, -0.15) is 0 Å². The number of sulfonamides is 1. The van der Waals surface area contributed by atoms with Gasteiger partial charge in [-0.1, -0.05) is 23.7 Å². The highest BCUT2D eigenvalue weighted by molar-refractivity contribution is 7.89. The van der Waals surface area contributed by atoms with Crippen LogP contribution in [0.15, 0.2) is 47.4 Å². The van der Waals surface area contributed by atoms with Crippen LogP contribution in [0.3, 0.4) is 0 Å². The van der Waals surface area contributed by atoms with Gasteiger partial charge in [0.1, 0.15) is 11.6 Å². The Hall–Kier alpha value is -1.67. The summed E-state index contributed by atoms with van der Waals surface area (Å²) in [6, 6.07) is 9.96. The highest BCUT2D eigenvalue weighted by atomic mass is 35.5. The molecule has 1 atom stereocenters. The molecule has 8 heteroatoms. The Balaban J connectivity index is 2.15. The van der Waals surface area contributed by atoms with E-state index < -0.39 is 21.9 Å². The molecule has 0 spiro atoms. The van der Waals surface area contributed by atoms with Crippen LogP contribution in [0.4, 0.5) is 4.39 Å². The monoisotopic (exact) mass is 373 g/mol. The molecule has 130 valence electrons. The average molecular weight is 374 g/mol. The van der Waals surface area contributed by atoms with Gasteiger partial charge in [0.25, 0.3) is 0 Å². The molecule has 0 amide bonds. The number of benzene rings is 2. The zero-order valence-electron chi connectivity index (χ0n) is 13.1. The van der Waals surface area contributed by atoms with Crippen molar-refractivity contribution >= 4 is 21.6 Å². The zero-order valence-corrected chi connectivity index (χ0v) is 14.7. The topological polar surface area (TPSA) is 64.6 Å². The van der Waals surface area contributed by atoms with Crippen molar-refractivity contribution < 1.29 is 22.3 Å². The van der Waals surface area contributed by atoms with Gasteiger partial charge in [-0.3, -0.25) is 0 Å². The molecule has 0 saturated carbocycles. The van der Waals surface area contributed by atoms with Gasteiger partial charge in [-0.15, -0.1) is 0 Å². The van der Waals surface area contributed by atoms with E-state index in [2.05, 4.69) is 4.72 Å². The van der Waals surface area contributed by atoms with Gasteiger partial charge in [0.15, 0.2) is 0 Å². The van der Waals surface area contributed by atoms with E-state index in [4.69, 9.17) is 21.1 Å². The van der Waals surface area contributed by atoms with Crippen molar-refractivity contribution in [1.29, 1.82) is 0 Å². The lowest BCUT2D eigenvalue weighted by Crippen LogP contribution is -2.29. The summed E-state index contributed by atoms with van der Waals surface area (Å²) in [7, 11) is -0.930. The Morgan fingerprint density at radius 1 is 1.21 bits per heavy atom. The Labute approximate surface area is 145 Å². The lowest BCUT2D eigenvalue weighted by atomic mass is 10.1. The lowest BCUT2D eigenvalue weighted by molar-refractivity contribution is 0.107. The van der Waals surface area contributed by atoms with Crippen molar-refractivity contribution in [2.45, 2.75) is 11.0 Å². The SMILES string of the molecule is COc1ccc(S(=O)(=O)NCC(OC)c2cccc(F)c2)cc1Cl. The molecule has 0 fully saturated rings. The van der Waals surface area contributed by atoms with Crippen molar-refractivity contribution in [3.8, 4) is 5.75 Å². The van der Waals surface area contributed by atoms with Gasteiger partial charge in [-0.25, -0.2) is 17.5 Å². The summed E-state index contributed by atoms with van der Waals surface area (Å²) in [5.74, 6) is -0.0375. The van der Waals surface area contributed by atoms with E-state index in [1.165, 1.54) is 50.6 Å². The Bertz CT molecular complexity index is 813. The summed E-state index contributed by atoms with van der Waals surface area (Å²) in [4.78, 5) is 0.00222. The Kier molecular flexibility index (Phi) is 6.17. The van der Waals surface area contributed by atoms with Crippen LogP contribution in [0.2, 0.25) is 5.02 Å². The van der Waals surface area contributed by atoms with E-state index in [0.29, 0.717) is 11.3 Å². The minimum atomic E-state index is -3.79. The predicted octanol–water partition coefficient (Wildman–Crippen LogP) is 3.15. The first-order valence-electron chi connectivity index (χ1n) is 6.99. The quantitative estimate of drug-likeness (QED) is 0.809. The van der Waals surface area contributed by atoms with Crippen LogP contribution >= 0.6 is 11.6 Å². The van der Waals surface area contributed by atoms with Gasteiger partial charge in [0.05, 0.1) is 23.1 Å². The molecule has 1 unspecified atom stereocenters. The number of hydrogen-bond donors (Lipinski definition) is 1. The highest BCUT2D eigenvalue weighted by Crippen LogP contribution is 2.27. The maximum absolute atomic E-state index is 13.3. The third-order valence-electron chi connectivity index (χ3n) is 3.40. The molecule has 5 nitrogen and oxygen atoms in total. The van der Waals surface area contributed by atoms with Gasteiger partial charge >= 0.3 is 0 Å². The number of halogens is 2. The molecule has 0 aromatic heterocycles. The fraction of sp³-hybridized carbons (Fsp3) is 0.250. The molecule has 0 aliphatic carbocycles. The maximum atomic E-state index is 13.3. The van der Waals surface area contributed by atoms with Gasteiger partial charge in [-0.05, 0) is 35.9 Å². The summed E-state index contributed by atoms with van der Waals surface area (Å²) in [5.41, 5.74) is 0.535. The van der Waals surface area contributed by atoms with Crippen LogP contribution in [-0.4, -0.2) is 29.2 Å². The molecule has 2 aromatic carbocycles. The molecule has 1 N–H and O–H groups in total. The standard InChI is InChI=1S/C16H17ClFNO4S/c1-22-15-7-6-13(9-14(15)17)24(20,21)19-10-16(23-2)11-4-3-5-12(18)8-11/h3-9,16,19H,10H2,1-2H3. The average Bonchev–Trinajstić information content (AvgIpc) is 2.55. The van der Waals surface area contributed by atoms with Crippen LogP contribution < -0.4 is 9.46 Å². The van der Waals surface area contributed by atoms with Crippen molar-refractivity contribution in [3.05, 3.63) is 58.9 Å². The minimum absolute atomic E-state index is 0.00222. The van der Waals surface area contributed by atoms with Crippen molar-refractivity contribution in [1.82, 2.24) is 4.72 Å². The third-order valence-corrected chi connectivity index (χ3v) is 5.11. The third kappa shape index (κ3) is 4.45. The van der Waals surface area contributed by atoms with Crippen LogP contribution in [0, 0.1) is 5.82 Å². The number of ether oxygens (including phenoxy) is 2. The molecular weight excluding hydrogens is 357 g/mol. The van der Waals surface area contributed by atoms with Gasteiger partial charge in [0.2, 0.25) is 10.0 Å². The molecule has 0 radical (unpaired) electrons. The molecule has 0 bridgehead atoms. The van der Waals surface area contributed by atoms with Gasteiger partial charge in [0, 0.05) is 13.7 Å². The summed E-state index contributed by atoms with van der Waals surface area (Å²) in [5, 5.41) is 0.189. The van der Waals surface area contributed by atoms with Crippen molar-refractivity contribution in [2.24, 2.45) is 0 Å². The second-order valence-corrected chi connectivity index (χ2v) is 7.10. The first kappa shape index (κ1) is 18.7. The predicted molar refractivity (Wildman–Crippen MR) is 89.3 cm³/mol. The molecule has 0 aliphatic heterocycles. The molecule has 0 aliphatic rings. The first-order valence-corrected chi connectivity index (χ1v) is 8.85. The van der Waals surface area contributed by atoms with E-state index >= 15 is 0 Å². The largest absolute Gasteiger partial charge is 0.495 e. The smallest absolute Gasteiger partial charge is 0.240 e. The Morgan fingerprint density at radius 2 is 1.96 bits per heavy atom. The summed E-state index contributed by atoms with van der Waals surface area (Å²) in [6.45, 7) is -0.0497. The maximum Gasteiger partial charge on any atom is 0.240 e. The molecule has 0 saturated heterocycles. The summed E-state index contributed by atoms with van der Waals surface area (Å²) in [6.07, 6.45) is -0.621. The summed E-state index contributed by atoms with van der Waals surface area (Å²) < 4.78 is 50.7. The van der Waals surface area contributed by atoms with E-state index in [9.17, 15) is 12.8 Å². The zero-order chi connectivity index (χ0) is 17.7. The second kappa shape index (κ2) is 7.94. The number of rotatable bonds is 7. The fourth-order valence-corrected chi connectivity index (χ4v) is 3.51. The van der Waals surface area contributed by atoms with Crippen molar-refractivity contribution in [2.75, 3.05) is 20.8 Å².